The molecular formula is C58H94O6Si6. The maximum atomic E-state index is 11.8. The molecule has 2 atom stereocenters. The lowest BCUT2D eigenvalue weighted by Gasteiger charge is -2.38. The molecule has 4 aromatic carbocycles. The lowest BCUT2D eigenvalue weighted by molar-refractivity contribution is 0.222. The number of ether oxygens (including phenoxy) is 1. The largest absolute Gasteiger partial charge is 0.544 e. The minimum atomic E-state index is -2.29. The summed E-state index contributed by atoms with van der Waals surface area (Å²) in [5.41, 5.74) is 5.37. The third-order valence-electron chi connectivity index (χ3n) is 16.4. The van der Waals surface area contributed by atoms with Crippen LogP contribution in [0, 0.1) is 0 Å². The summed E-state index contributed by atoms with van der Waals surface area (Å²) in [7, 11) is -12.8. The van der Waals surface area contributed by atoms with E-state index in [1.165, 1.54) is 0 Å². The van der Waals surface area contributed by atoms with Gasteiger partial charge < -0.3 is 27.5 Å². The lowest BCUT2D eigenvalue weighted by Crippen LogP contribution is -2.45. The van der Waals surface area contributed by atoms with Gasteiger partial charge in [-0.05, 0) is 135 Å². The Morgan fingerprint density at radius 2 is 0.814 bits per heavy atom. The monoisotopic (exact) mass is 1050 g/mol. The van der Waals surface area contributed by atoms with Gasteiger partial charge in [0.15, 0.2) is 0 Å². The molecule has 0 spiro atoms. The molecule has 5 rings (SSSR count). The van der Waals surface area contributed by atoms with Gasteiger partial charge >= 0.3 is 0 Å². The third kappa shape index (κ3) is 12.7. The van der Waals surface area contributed by atoms with Crippen molar-refractivity contribution in [2.75, 3.05) is 0 Å². The molecule has 6 nitrogen and oxygen atoms in total. The number of fused-ring (bicyclic) bond motifs is 1. The predicted octanol–water partition coefficient (Wildman–Crippen LogP) is 17.5. The van der Waals surface area contributed by atoms with E-state index in [1.54, 1.807) is 0 Å². The van der Waals surface area contributed by atoms with Crippen LogP contribution in [0.1, 0.15) is 123 Å². The number of phenolic OH excluding ortho intramolecular Hbond substituents is 1. The minimum absolute atomic E-state index is 0.0132. The number of rotatable bonds is 14. The zero-order chi connectivity index (χ0) is 53.4. The number of hydrogen-bond acceptors (Lipinski definition) is 6. The highest BCUT2D eigenvalue weighted by molar-refractivity contribution is 6.92. The molecule has 1 aliphatic rings. The maximum Gasteiger partial charge on any atom is 0.250 e. The molecule has 0 bridgehead atoms. The first-order valence-electron chi connectivity index (χ1n) is 25.8. The highest BCUT2D eigenvalue weighted by Gasteiger charge is 2.45. The number of phenols is 1. The quantitative estimate of drug-likeness (QED) is 0.100. The van der Waals surface area contributed by atoms with E-state index in [4.69, 9.17) is 22.4 Å². The van der Waals surface area contributed by atoms with Gasteiger partial charge in [-0.15, -0.1) is 0 Å². The van der Waals surface area contributed by atoms with Crippen molar-refractivity contribution in [2.45, 2.75) is 207 Å². The van der Waals surface area contributed by atoms with Gasteiger partial charge in [0.2, 0.25) is 33.3 Å². The maximum absolute atomic E-state index is 11.8. The molecule has 0 aromatic heterocycles. The topological polar surface area (TPSA) is 66.4 Å². The molecule has 70 heavy (non-hydrogen) atoms. The second kappa shape index (κ2) is 19.2. The summed E-state index contributed by atoms with van der Waals surface area (Å²) >= 11 is 0. The first kappa shape index (κ1) is 57.6. The zero-order valence-electron chi connectivity index (χ0n) is 48.6. The summed E-state index contributed by atoms with van der Waals surface area (Å²) < 4.78 is 35.9. The molecule has 0 fully saturated rings. The Hall–Kier alpha value is -3.28. The van der Waals surface area contributed by atoms with Crippen LogP contribution in [0.3, 0.4) is 0 Å². The smallest absolute Gasteiger partial charge is 0.250 e. The number of benzene rings is 4. The van der Waals surface area contributed by atoms with Gasteiger partial charge in [-0.1, -0.05) is 159 Å². The lowest BCUT2D eigenvalue weighted by atomic mass is 9.82. The average Bonchev–Trinajstić information content (AvgIpc) is 3.54. The van der Waals surface area contributed by atoms with Crippen molar-refractivity contribution < 1.29 is 27.5 Å². The fraction of sp³-hybridized carbons (Fsp3) is 0.552. The summed E-state index contributed by atoms with van der Waals surface area (Å²) in [6.07, 6.45) is 4.13. The van der Waals surface area contributed by atoms with Gasteiger partial charge in [-0.2, -0.15) is 0 Å². The van der Waals surface area contributed by atoms with Gasteiger partial charge in [0.05, 0.1) is 22.1 Å². The first-order valence-corrected chi connectivity index (χ1v) is 44.4. The Bertz CT molecular complexity index is 2470. The normalized spacial score (nSPS) is 16.8. The summed E-state index contributed by atoms with van der Waals surface area (Å²) in [6.45, 7) is 59.8. The van der Waals surface area contributed by atoms with E-state index < -0.39 is 49.4 Å². The molecule has 1 aliphatic heterocycles. The summed E-state index contributed by atoms with van der Waals surface area (Å²) in [5.74, 6) is 4.43. The van der Waals surface area contributed by atoms with Crippen molar-refractivity contribution in [3.8, 4) is 34.5 Å². The van der Waals surface area contributed by atoms with Crippen LogP contribution in [-0.4, -0.2) is 54.5 Å². The van der Waals surface area contributed by atoms with Crippen LogP contribution in [-0.2, 0) is 0 Å². The Labute approximate surface area is 432 Å². The summed E-state index contributed by atoms with van der Waals surface area (Å²) in [4.78, 5) is 0. The van der Waals surface area contributed by atoms with Gasteiger partial charge in [0, 0.05) is 17.7 Å². The van der Waals surface area contributed by atoms with Crippen LogP contribution in [0.5, 0.6) is 34.5 Å². The van der Waals surface area contributed by atoms with E-state index >= 15 is 0 Å². The molecule has 1 N–H and O–H groups in total. The SMILES string of the molecule is CC(C)(C)[Si](C)(C)Oc1ccc([C@H]2Oc3cc(O[Si](C)(C)C(C)(C)C)cc(/C=C/c4cc([Si](C)(C)C)c(O)c([Si](C)(C)C)c4)c3[C@@H]2c2cc(O[Si](C)(C)C(C)(C)C)cc(O[Si](C)(C)C(C)(C)C)c2)cc1. The van der Waals surface area contributed by atoms with E-state index in [1.807, 2.05) is 0 Å². The Balaban J connectivity index is 1.87. The van der Waals surface area contributed by atoms with Gasteiger partial charge in [-0.3, -0.25) is 0 Å². The molecule has 0 unspecified atom stereocenters. The molecule has 0 saturated carbocycles. The zero-order valence-corrected chi connectivity index (χ0v) is 54.6. The summed E-state index contributed by atoms with van der Waals surface area (Å²) in [6, 6.07) is 24.2. The van der Waals surface area contributed by atoms with E-state index in [9.17, 15) is 5.11 Å². The highest BCUT2D eigenvalue weighted by Crippen LogP contribution is 2.55. The van der Waals surface area contributed by atoms with Gasteiger partial charge in [-0.25, -0.2) is 0 Å². The Morgan fingerprint density at radius 3 is 1.19 bits per heavy atom. The van der Waals surface area contributed by atoms with Crippen LogP contribution in [0.25, 0.3) is 12.2 Å². The average molecular weight is 1060 g/mol. The molecular weight excluding hydrogens is 961 g/mol. The predicted molar refractivity (Wildman–Crippen MR) is 319 cm³/mol. The molecule has 0 radical (unpaired) electrons. The Kier molecular flexibility index (Phi) is 15.8. The van der Waals surface area contributed by atoms with Crippen LogP contribution in [0.2, 0.25) is 112 Å². The summed E-state index contributed by atoms with van der Waals surface area (Å²) in [5, 5.41) is 14.0. The fourth-order valence-corrected chi connectivity index (χ4v) is 14.8. The van der Waals surface area contributed by atoms with Crippen LogP contribution in [0.15, 0.2) is 66.7 Å². The standard InChI is InChI=1S/C58H94O6Si6/c1-55(2,3)67(19,20)61-44-31-29-41(30-32-44)54-52(43-36-45(62-68(21,22)56(4,5)6)38-46(37-43)63-69(23,24)57(7,8)9)51-42(35-47(39-48(51)60-54)64-70(25,26)58(10,11)12)28-27-40-33-49(65(13,14)15)53(59)50(34-40)66(16,17)18/h27-39,52,54,59H,1-26H3/b28-27+/t52-,54+/m0/s1. The van der Waals surface area contributed by atoms with Crippen molar-refractivity contribution in [2.24, 2.45) is 0 Å². The third-order valence-corrected chi connectivity index (χ3v) is 37.8. The second-order valence-electron chi connectivity index (χ2n) is 28.5. The van der Waals surface area contributed by atoms with Crippen LogP contribution in [0.4, 0.5) is 0 Å². The fourth-order valence-electron chi connectivity index (χ4n) is 7.70. The van der Waals surface area contributed by atoms with Crippen molar-refractivity contribution in [1.82, 2.24) is 0 Å². The molecule has 4 aromatic rings. The van der Waals surface area contributed by atoms with Crippen molar-refractivity contribution in [3.05, 3.63) is 94.5 Å². The highest BCUT2D eigenvalue weighted by atomic mass is 28.4. The van der Waals surface area contributed by atoms with E-state index in [-0.39, 0.29) is 32.2 Å². The van der Waals surface area contributed by atoms with Gasteiger partial charge in [0.1, 0.15) is 40.6 Å². The van der Waals surface area contributed by atoms with Crippen LogP contribution >= 0.6 is 0 Å². The molecule has 386 valence electrons. The van der Waals surface area contributed by atoms with Crippen molar-refractivity contribution in [3.63, 3.8) is 0 Å². The van der Waals surface area contributed by atoms with E-state index in [0.717, 1.165) is 66.9 Å². The molecule has 12 heteroatoms. The molecule has 0 aliphatic carbocycles. The second-order valence-corrected chi connectivity index (χ2v) is 57.5. The Morgan fingerprint density at radius 1 is 0.443 bits per heavy atom. The number of aromatic hydroxyl groups is 1. The molecule has 0 saturated heterocycles. The van der Waals surface area contributed by atoms with Gasteiger partial charge in [0.25, 0.3) is 0 Å². The van der Waals surface area contributed by atoms with Crippen molar-refractivity contribution >= 4 is 71.9 Å². The van der Waals surface area contributed by atoms with E-state index in [0.29, 0.717) is 5.75 Å². The first-order chi connectivity index (χ1) is 31.4. The molecule has 0 amide bonds. The minimum Gasteiger partial charge on any atom is -0.544 e. The van der Waals surface area contributed by atoms with E-state index in [2.05, 4.69) is 254 Å². The van der Waals surface area contributed by atoms with Crippen molar-refractivity contribution in [1.29, 1.82) is 0 Å². The van der Waals surface area contributed by atoms with Crippen LogP contribution < -0.4 is 32.8 Å². The molecule has 1 heterocycles. The number of hydrogen-bond donors (Lipinski definition) is 1.